The van der Waals surface area contributed by atoms with Crippen molar-refractivity contribution in [2.45, 2.75) is 38.6 Å². The Bertz CT molecular complexity index is 818. The molecule has 3 atom stereocenters. The molecule has 26 heavy (non-hydrogen) atoms. The highest BCUT2D eigenvalue weighted by atomic mass is 35.5. The molecule has 2 aliphatic rings. The first-order valence-corrected chi connectivity index (χ1v) is 9.71. The number of carbonyl (C=O) groups is 1. The maximum absolute atomic E-state index is 13.9. The number of hydrogen-bond acceptors (Lipinski definition) is 2. The van der Waals surface area contributed by atoms with Crippen LogP contribution in [0.2, 0.25) is 10.0 Å². The van der Waals surface area contributed by atoms with Crippen molar-refractivity contribution in [3.63, 3.8) is 0 Å². The fourth-order valence-electron chi connectivity index (χ4n) is 4.46. The Morgan fingerprint density at radius 2 is 2.12 bits per heavy atom. The van der Waals surface area contributed by atoms with Crippen LogP contribution in [-0.4, -0.2) is 15.7 Å². The first kappa shape index (κ1) is 17.8. The highest BCUT2D eigenvalue weighted by Crippen LogP contribution is 2.49. The number of anilines is 1. The monoisotopic (exact) mass is 395 g/mol. The van der Waals surface area contributed by atoms with Crippen LogP contribution in [0.1, 0.15) is 37.7 Å². The van der Waals surface area contributed by atoms with Crippen LogP contribution < -0.4 is 5.32 Å². The van der Waals surface area contributed by atoms with Crippen LogP contribution in [0.3, 0.4) is 0 Å². The van der Waals surface area contributed by atoms with E-state index in [1.54, 1.807) is 18.3 Å². The van der Waals surface area contributed by atoms with Gasteiger partial charge < -0.3 is 5.32 Å². The Labute approximate surface area is 161 Å². The van der Waals surface area contributed by atoms with Crippen molar-refractivity contribution >= 4 is 34.9 Å². The summed E-state index contributed by atoms with van der Waals surface area (Å²) >= 11 is 12.2. The summed E-state index contributed by atoms with van der Waals surface area (Å²) in [5.74, 6) is 1.84. The van der Waals surface area contributed by atoms with Crippen LogP contribution in [0.4, 0.5) is 10.2 Å². The zero-order valence-electron chi connectivity index (χ0n) is 14.2. The molecule has 4 nitrogen and oxygen atoms in total. The van der Waals surface area contributed by atoms with E-state index in [-0.39, 0.29) is 12.5 Å². The summed E-state index contributed by atoms with van der Waals surface area (Å²) in [5.41, 5.74) is 0.341. The Morgan fingerprint density at radius 3 is 2.81 bits per heavy atom. The zero-order chi connectivity index (χ0) is 18.3. The third-order valence-corrected chi connectivity index (χ3v) is 6.32. The average molecular weight is 396 g/mol. The molecular formula is C19H20Cl2FN3O. The molecule has 4 rings (SSSR count). The summed E-state index contributed by atoms with van der Waals surface area (Å²) in [4.78, 5) is 12.4. The van der Waals surface area contributed by atoms with E-state index in [1.165, 1.54) is 30.0 Å². The third kappa shape index (κ3) is 3.60. The summed E-state index contributed by atoms with van der Waals surface area (Å²) in [6.07, 6.45) is 7.09. The molecule has 2 saturated carbocycles. The SMILES string of the molecule is O=C(CC1CC2CCC1C2)Nc1nn(Cc2c(F)cccc2Cl)cc1Cl. The second-order valence-corrected chi connectivity index (χ2v) is 8.23. The molecule has 2 aliphatic carbocycles. The van der Waals surface area contributed by atoms with E-state index in [1.807, 2.05) is 0 Å². The second-order valence-electron chi connectivity index (χ2n) is 7.41. The second kappa shape index (κ2) is 7.20. The van der Waals surface area contributed by atoms with Crippen molar-refractivity contribution in [3.05, 3.63) is 45.8 Å². The number of halogens is 3. The van der Waals surface area contributed by atoms with Crippen LogP contribution in [0, 0.1) is 23.6 Å². The van der Waals surface area contributed by atoms with Gasteiger partial charge in [-0.2, -0.15) is 5.10 Å². The highest BCUT2D eigenvalue weighted by molar-refractivity contribution is 6.33. The van der Waals surface area contributed by atoms with Gasteiger partial charge in [-0.05, 0) is 49.1 Å². The van der Waals surface area contributed by atoms with E-state index >= 15 is 0 Å². The van der Waals surface area contributed by atoms with Crippen molar-refractivity contribution in [3.8, 4) is 0 Å². The molecule has 0 radical (unpaired) electrons. The highest BCUT2D eigenvalue weighted by Gasteiger charge is 2.40. The number of aromatic nitrogens is 2. The van der Waals surface area contributed by atoms with Gasteiger partial charge in [-0.3, -0.25) is 9.48 Å². The van der Waals surface area contributed by atoms with E-state index in [0.717, 1.165) is 12.3 Å². The van der Waals surface area contributed by atoms with Crippen LogP contribution >= 0.6 is 23.2 Å². The summed E-state index contributed by atoms with van der Waals surface area (Å²) in [6.45, 7) is 0.146. The molecule has 138 valence electrons. The molecule has 1 aromatic carbocycles. The van der Waals surface area contributed by atoms with Gasteiger partial charge >= 0.3 is 0 Å². The molecule has 1 heterocycles. The molecule has 1 N–H and O–H groups in total. The van der Waals surface area contributed by atoms with Crippen molar-refractivity contribution in [1.82, 2.24) is 9.78 Å². The summed E-state index contributed by atoms with van der Waals surface area (Å²) < 4.78 is 15.4. The Kier molecular flexibility index (Phi) is 4.93. The third-order valence-electron chi connectivity index (χ3n) is 5.69. The predicted octanol–water partition coefficient (Wildman–Crippen LogP) is 5.14. The van der Waals surface area contributed by atoms with Gasteiger partial charge in [-0.1, -0.05) is 35.7 Å². The minimum absolute atomic E-state index is 0.0568. The van der Waals surface area contributed by atoms with E-state index in [0.29, 0.717) is 39.7 Å². The van der Waals surface area contributed by atoms with E-state index in [9.17, 15) is 9.18 Å². The molecule has 0 spiro atoms. The predicted molar refractivity (Wildman–Crippen MR) is 99.9 cm³/mol. The minimum atomic E-state index is -0.397. The van der Waals surface area contributed by atoms with Crippen LogP contribution in [0.15, 0.2) is 24.4 Å². The van der Waals surface area contributed by atoms with E-state index in [2.05, 4.69) is 10.4 Å². The Morgan fingerprint density at radius 1 is 1.27 bits per heavy atom. The number of hydrogen-bond donors (Lipinski definition) is 1. The Balaban J connectivity index is 1.41. The summed E-state index contributed by atoms with van der Waals surface area (Å²) in [5, 5.41) is 7.74. The Hall–Kier alpha value is -1.59. The molecule has 2 fully saturated rings. The molecule has 2 aromatic rings. The van der Waals surface area contributed by atoms with E-state index < -0.39 is 5.82 Å². The molecule has 1 amide bonds. The van der Waals surface area contributed by atoms with Gasteiger partial charge in [0, 0.05) is 23.2 Å². The van der Waals surface area contributed by atoms with E-state index in [4.69, 9.17) is 23.2 Å². The fraction of sp³-hybridized carbons (Fsp3) is 0.474. The number of carbonyl (C=O) groups excluding carboxylic acids is 1. The quantitative estimate of drug-likeness (QED) is 0.761. The van der Waals surface area contributed by atoms with Crippen molar-refractivity contribution < 1.29 is 9.18 Å². The number of nitrogens with zero attached hydrogens (tertiary/aromatic N) is 2. The molecule has 0 aliphatic heterocycles. The fourth-order valence-corrected chi connectivity index (χ4v) is 4.88. The maximum atomic E-state index is 13.9. The number of rotatable bonds is 5. The average Bonchev–Trinajstić information content (AvgIpc) is 3.28. The minimum Gasteiger partial charge on any atom is -0.308 e. The molecule has 7 heteroatoms. The van der Waals surface area contributed by atoms with Gasteiger partial charge in [0.25, 0.3) is 0 Å². The lowest BCUT2D eigenvalue weighted by Gasteiger charge is -2.20. The zero-order valence-corrected chi connectivity index (χ0v) is 15.7. The van der Waals surface area contributed by atoms with Gasteiger partial charge in [0.05, 0.1) is 6.54 Å². The molecular weight excluding hydrogens is 376 g/mol. The lowest BCUT2D eigenvalue weighted by molar-refractivity contribution is -0.117. The van der Waals surface area contributed by atoms with Crippen molar-refractivity contribution in [2.75, 3.05) is 5.32 Å². The van der Waals surface area contributed by atoms with Gasteiger partial charge in [-0.25, -0.2) is 4.39 Å². The largest absolute Gasteiger partial charge is 0.308 e. The first-order chi connectivity index (χ1) is 12.5. The smallest absolute Gasteiger partial charge is 0.225 e. The number of nitrogens with one attached hydrogen (secondary N) is 1. The summed E-state index contributed by atoms with van der Waals surface area (Å²) in [7, 11) is 0. The molecule has 2 bridgehead atoms. The van der Waals surface area contributed by atoms with Crippen LogP contribution in [-0.2, 0) is 11.3 Å². The standard InChI is InChI=1S/C19H20Cl2FN3O/c20-15-2-1-3-17(22)14(15)9-25-10-16(21)19(24-25)23-18(26)8-13-7-11-4-5-12(13)6-11/h1-3,10-13H,4-9H2,(H,23,24,26). The lowest BCUT2D eigenvalue weighted by atomic mass is 9.86. The van der Waals surface area contributed by atoms with Crippen LogP contribution in [0.5, 0.6) is 0 Å². The maximum Gasteiger partial charge on any atom is 0.225 e. The van der Waals surface area contributed by atoms with Crippen LogP contribution in [0.25, 0.3) is 0 Å². The molecule has 1 aromatic heterocycles. The lowest BCUT2D eigenvalue weighted by Crippen LogP contribution is -2.20. The van der Waals surface area contributed by atoms with Crippen molar-refractivity contribution in [2.24, 2.45) is 17.8 Å². The number of benzene rings is 1. The van der Waals surface area contributed by atoms with Crippen molar-refractivity contribution in [1.29, 1.82) is 0 Å². The molecule has 3 unspecified atom stereocenters. The van der Waals surface area contributed by atoms with Gasteiger partial charge in [0.1, 0.15) is 10.8 Å². The summed E-state index contributed by atoms with van der Waals surface area (Å²) in [6, 6.07) is 4.53. The van der Waals surface area contributed by atoms with Gasteiger partial charge in [0.15, 0.2) is 5.82 Å². The molecule has 0 saturated heterocycles. The number of amides is 1. The number of fused-ring (bicyclic) bond motifs is 2. The van der Waals surface area contributed by atoms with Gasteiger partial charge in [-0.15, -0.1) is 0 Å². The normalized spacial score (nSPS) is 24.2. The first-order valence-electron chi connectivity index (χ1n) is 8.95. The topological polar surface area (TPSA) is 46.9 Å². The van der Waals surface area contributed by atoms with Gasteiger partial charge in [0.2, 0.25) is 5.91 Å².